The first kappa shape index (κ1) is 7.73. The van der Waals surface area contributed by atoms with Gasteiger partial charge in [0.1, 0.15) is 6.61 Å². The van der Waals surface area contributed by atoms with Gasteiger partial charge in [-0.2, -0.15) is 0 Å². The number of hydrogen-bond acceptors (Lipinski definition) is 2. The lowest BCUT2D eigenvalue weighted by Crippen LogP contribution is -2.24. The second kappa shape index (κ2) is 3.71. The van der Waals surface area contributed by atoms with Crippen LogP contribution in [0.4, 0.5) is 0 Å². The van der Waals surface area contributed by atoms with Crippen molar-refractivity contribution in [3.8, 4) is 0 Å². The van der Waals surface area contributed by atoms with E-state index in [0.717, 1.165) is 12.8 Å². The van der Waals surface area contributed by atoms with Gasteiger partial charge < -0.3 is 4.74 Å². The molecule has 0 aliphatic heterocycles. The second-order valence-corrected chi connectivity index (χ2v) is 2.76. The molecule has 1 rings (SSSR count). The summed E-state index contributed by atoms with van der Waals surface area (Å²) < 4.78 is 5.28. The molecule has 1 aliphatic rings. The summed E-state index contributed by atoms with van der Waals surface area (Å²) in [5.41, 5.74) is 0. The molecule has 1 aliphatic carbocycles. The largest absolute Gasteiger partial charge is 0.370 e. The van der Waals surface area contributed by atoms with E-state index in [0.29, 0.717) is 19.1 Å². The highest BCUT2D eigenvalue weighted by atomic mass is 16.5. The van der Waals surface area contributed by atoms with Crippen LogP contribution in [0.15, 0.2) is 0 Å². The molecule has 58 valence electrons. The Labute approximate surface area is 61.6 Å². The van der Waals surface area contributed by atoms with E-state index in [-0.39, 0.29) is 5.78 Å². The molecule has 2 nitrogen and oxygen atoms in total. The highest BCUT2D eigenvalue weighted by Crippen LogP contribution is 2.21. The van der Waals surface area contributed by atoms with Crippen molar-refractivity contribution in [2.24, 2.45) is 0 Å². The van der Waals surface area contributed by atoms with E-state index < -0.39 is 0 Å². The van der Waals surface area contributed by atoms with Crippen molar-refractivity contribution >= 4 is 5.78 Å². The number of hydrogen-bond donors (Lipinski definition) is 0. The average molecular weight is 142 g/mol. The van der Waals surface area contributed by atoms with Crippen LogP contribution in [0.1, 0.15) is 32.6 Å². The SMILES string of the molecule is CCC(=O)COC1CCC1. The van der Waals surface area contributed by atoms with Crippen molar-refractivity contribution < 1.29 is 9.53 Å². The summed E-state index contributed by atoms with van der Waals surface area (Å²) in [7, 11) is 0. The molecule has 0 spiro atoms. The first-order chi connectivity index (χ1) is 4.83. The molecule has 1 saturated carbocycles. The third kappa shape index (κ3) is 2.10. The van der Waals surface area contributed by atoms with Crippen molar-refractivity contribution in [3.05, 3.63) is 0 Å². The summed E-state index contributed by atoms with van der Waals surface area (Å²) in [6, 6.07) is 0. The molecule has 0 bridgehead atoms. The lowest BCUT2D eigenvalue weighted by atomic mass is 9.96. The monoisotopic (exact) mass is 142 g/mol. The number of carbonyl (C=O) groups is 1. The minimum Gasteiger partial charge on any atom is -0.370 e. The van der Waals surface area contributed by atoms with Crippen molar-refractivity contribution in [1.29, 1.82) is 0 Å². The fourth-order valence-corrected chi connectivity index (χ4v) is 0.850. The van der Waals surface area contributed by atoms with Crippen LogP contribution < -0.4 is 0 Å². The predicted octanol–water partition coefficient (Wildman–Crippen LogP) is 1.53. The van der Waals surface area contributed by atoms with Crippen LogP contribution >= 0.6 is 0 Å². The summed E-state index contributed by atoms with van der Waals surface area (Å²) in [6.07, 6.45) is 4.57. The molecule has 1 fully saturated rings. The Bertz CT molecular complexity index is 116. The fourth-order valence-electron chi connectivity index (χ4n) is 0.850. The van der Waals surface area contributed by atoms with Crippen LogP contribution in [0.3, 0.4) is 0 Å². The third-order valence-corrected chi connectivity index (χ3v) is 1.93. The normalized spacial score (nSPS) is 18.5. The Hall–Kier alpha value is -0.370. The standard InChI is InChI=1S/C8H14O2/c1-2-7(9)6-10-8-4-3-5-8/h8H,2-6H2,1H3. The van der Waals surface area contributed by atoms with Gasteiger partial charge >= 0.3 is 0 Å². The third-order valence-electron chi connectivity index (χ3n) is 1.93. The average Bonchev–Trinajstić information content (AvgIpc) is 1.84. The lowest BCUT2D eigenvalue weighted by Gasteiger charge is -2.24. The quantitative estimate of drug-likeness (QED) is 0.595. The van der Waals surface area contributed by atoms with Gasteiger partial charge in [-0.3, -0.25) is 4.79 Å². The Morgan fingerprint density at radius 2 is 2.30 bits per heavy atom. The van der Waals surface area contributed by atoms with Crippen molar-refractivity contribution in [2.75, 3.05) is 6.61 Å². The van der Waals surface area contributed by atoms with Crippen LogP contribution in [0.25, 0.3) is 0 Å². The van der Waals surface area contributed by atoms with Crippen LogP contribution in [-0.2, 0) is 9.53 Å². The maximum Gasteiger partial charge on any atom is 0.158 e. The number of carbonyl (C=O) groups excluding carboxylic acids is 1. The maximum absolute atomic E-state index is 10.7. The molecule has 0 unspecified atom stereocenters. The van der Waals surface area contributed by atoms with Gasteiger partial charge in [-0.1, -0.05) is 6.92 Å². The molecule has 0 aromatic carbocycles. The van der Waals surface area contributed by atoms with Gasteiger partial charge in [0.25, 0.3) is 0 Å². The van der Waals surface area contributed by atoms with Gasteiger partial charge in [0, 0.05) is 6.42 Å². The molecule has 2 heteroatoms. The summed E-state index contributed by atoms with van der Waals surface area (Å²) in [4.78, 5) is 10.7. The molecule has 0 saturated heterocycles. The van der Waals surface area contributed by atoms with E-state index >= 15 is 0 Å². The summed E-state index contributed by atoms with van der Waals surface area (Å²) >= 11 is 0. The van der Waals surface area contributed by atoms with Crippen molar-refractivity contribution in [2.45, 2.75) is 38.7 Å². The zero-order chi connectivity index (χ0) is 7.40. The molecule has 0 aromatic heterocycles. The minimum atomic E-state index is 0.215. The van der Waals surface area contributed by atoms with Gasteiger partial charge in [0.2, 0.25) is 0 Å². The minimum absolute atomic E-state index is 0.215. The summed E-state index contributed by atoms with van der Waals surface area (Å²) in [6.45, 7) is 2.20. The van der Waals surface area contributed by atoms with E-state index in [1.54, 1.807) is 0 Å². The van der Waals surface area contributed by atoms with E-state index in [1.807, 2.05) is 6.92 Å². The predicted molar refractivity (Wildman–Crippen MR) is 38.9 cm³/mol. The van der Waals surface area contributed by atoms with Gasteiger partial charge in [0.05, 0.1) is 6.10 Å². The Morgan fingerprint density at radius 3 is 2.70 bits per heavy atom. The summed E-state index contributed by atoms with van der Waals surface area (Å²) in [5.74, 6) is 0.215. The molecule has 0 N–H and O–H groups in total. The van der Waals surface area contributed by atoms with E-state index in [9.17, 15) is 4.79 Å². The molecule has 10 heavy (non-hydrogen) atoms. The molecular weight excluding hydrogens is 128 g/mol. The Kier molecular flexibility index (Phi) is 2.87. The maximum atomic E-state index is 10.7. The number of ketones is 1. The molecular formula is C8H14O2. The van der Waals surface area contributed by atoms with Gasteiger partial charge in [-0.15, -0.1) is 0 Å². The van der Waals surface area contributed by atoms with Crippen LogP contribution in [0.2, 0.25) is 0 Å². The first-order valence-corrected chi connectivity index (χ1v) is 3.96. The topological polar surface area (TPSA) is 26.3 Å². The van der Waals surface area contributed by atoms with Crippen molar-refractivity contribution in [1.82, 2.24) is 0 Å². The highest BCUT2D eigenvalue weighted by molar-refractivity contribution is 5.79. The van der Waals surface area contributed by atoms with Crippen LogP contribution in [-0.4, -0.2) is 18.5 Å². The Balaban J connectivity index is 1.98. The van der Waals surface area contributed by atoms with Crippen molar-refractivity contribution in [3.63, 3.8) is 0 Å². The van der Waals surface area contributed by atoms with Crippen LogP contribution in [0.5, 0.6) is 0 Å². The zero-order valence-corrected chi connectivity index (χ0v) is 6.43. The van der Waals surface area contributed by atoms with E-state index in [2.05, 4.69) is 0 Å². The lowest BCUT2D eigenvalue weighted by molar-refractivity contribution is -0.127. The van der Waals surface area contributed by atoms with Gasteiger partial charge in [-0.25, -0.2) is 0 Å². The molecule has 0 heterocycles. The molecule has 0 radical (unpaired) electrons. The number of Topliss-reactive ketones (excluding diaryl/α,β-unsaturated/α-hetero) is 1. The Morgan fingerprint density at radius 1 is 1.60 bits per heavy atom. The summed E-state index contributed by atoms with van der Waals surface area (Å²) in [5, 5.41) is 0. The van der Waals surface area contributed by atoms with Gasteiger partial charge in [-0.05, 0) is 19.3 Å². The molecule has 0 amide bonds. The smallest absolute Gasteiger partial charge is 0.158 e. The fraction of sp³-hybridized carbons (Fsp3) is 0.875. The van der Waals surface area contributed by atoms with E-state index in [4.69, 9.17) is 4.74 Å². The first-order valence-electron chi connectivity index (χ1n) is 3.96. The van der Waals surface area contributed by atoms with Gasteiger partial charge in [0.15, 0.2) is 5.78 Å². The highest BCUT2D eigenvalue weighted by Gasteiger charge is 2.18. The molecule has 0 aromatic rings. The van der Waals surface area contributed by atoms with E-state index in [1.165, 1.54) is 6.42 Å². The number of rotatable bonds is 4. The van der Waals surface area contributed by atoms with Crippen LogP contribution in [0, 0.1) is 0 Å². The number of ether oxygens (including phenoxy) is 1. The second-order valence-electron chi connectivity index (χ2n) is 2.76. The zero-order valence-electron chi connectivity index (χ0n) is 6.43. The molecule has 0 atom stereocenters.